The number of benzene rings is 1. The Morgan fingerprint density at radius 3 is 2.58 bits per heavy atom. The molecule has 0 saturated heterocycles. The molecule has 2 rings (SSSR count). The smallest absolute Gasteiger partial charge is 0.305 e. The van der Waals surface area contributed by atoms with Gasteiger partial charge >= 0.3 is 5.69 Å². The van der Waals surface area contributed by atoms with Gasteiger partial charge < -0.3 is 4.90 Å². The molecule has 100 valence electrons. The molecule has 0 fully saturated rings. The maximum absolute atomic E-state index is 13.6. The maximum atomic E-state index is 13.6. The summed E-state index contributed by atoms with van der Waals surface area (Å²) in [6.45, 7) is 5.31. The van der Waals surface area contributed by atoms with Crippen molar-refractivity contribution in [1.82, 2.24) is 9.97 Å². The van der Waals surface area contributed by atoms with Gasteiger partial charge in [0.2, 0.25) is 5.82 Å². The quantitative estimate of drug-likeness (QED) is 0.626. The number of nitrogens with zero attached hydrogens (tertiary/aromatic N) is 4. The first-order chi connectivity index (χ1) is 9.08. The molecule has 0 amide bonds. The van der Waals surface area contributed by atoms with E-state index < -0.39 is 16.4 Å². The third-order valence-corrected chi connectivity index (χ3v) is 2.94. The number of nitro groups is 1. The van der Waals surface area contributed by atoms with Crippen LogP contribution in [0.4, 0.5) is 15.9 Å². The first-order valence-electron chi connectivity index (χ1n) is 5.92. The maximum Gasteiger partial charge on any atom is 0.305 e. The van der Waals surface area contributed by atoms with Crippen molar-refractivity contribution in [1.29, 1.82) is 0 Å². The standard InChI is InChI=1S/C12H13FN4O2/c1-3-16(4-2)12-8-5-11(17(18)19)9(13)6-10(8)14-7-15-12/h5-7H,3-4H2,1-2H3. The van der Waals surface area contributed by atoms with Crippen molar-refractivity contribution in [2.24, 2.45) is 0 Å². The van der Waals surface area contributed by atoms with Gasteiger partial charge in [0.25, 0.3) is 0 Å². The molecule has 0 N–H and O–H groups in total. The second-order valence-electron chi connectivity index (χ2n) is 3.95. The van der Waals surface area contributed by atoms with Gasteiger partial charge in [0.15, 0.2) is 0 Å². The minimum atomic E-state index is -0.887. The molecule has 0 unspecified atom stereocenters. The van der Waals surface area contributed by atoms with Gasteiger partial charge in [-0.1, -0.05) is 0 Å². The zero-order valence-corrected chi connectivity index (χ0v) is 10.6. The van der Waals surface area contributed by atoms with E-state index in [0.29, 0.717) is 29.8 Å². The lowest BCUT2D eigenvalue weighted by molar-refractivity contribution is -0.387. The Bertz CT molecular complexity index is 628. The molecule has 0 aliphatic heterocycles. The predicted molar refractivity (Wildman–Crippen MR) is 69.7 cm³/mol. The normalized spacial score (nSPS) is 10.7. The predicted octanol–water partition coefficient (Wildman–Crippen LogP) is 2.52. The number of halogens is 1. The molecule has 19 heavy (non-hydrogen) atoms. The molecule has 0 radical (unpaired) electrons. The first-order valence-corrected chi connectivity index (χ1v) is 5.92. The van der Waals surface area contributed by atoms with Gasteiger partial charge in [-0.2, -0.15) is 4.39 Å². The van der Waals surface area contributed by atoms with Crippen molar-refractivity contribution < 1.29 is 9.31 Å². The van der Waals surface area contributed by atoms with Gasteiger partial charge in [0.05, 0.1) is 10.4 Å². The van der Waals surface area contributed by atoms with Gasteiger partial charge in [-0.25, -0.2) is 9.97 Å². The van der Waals surface area contributed by atoms with E-state index in [1.165, 1.54) is 12.4 Å². The lowest BCUT2D eigenvalue weighted by Gasteiger charge is -2.20. The highest BCUT2D eigenvalue weighted by Gasteiger charge is 2.19. The second kappa shape index (κ2) is 5.13. The Morgan fingerprint density at radius 1 is 1.32 bits per heavy atom. The Labute approximate surface area is 109 Å². The van der Waals surface area contributed by atoms with E-state index in [9.17, 15) is 14.5 Å². The molecule has 6 nitrogen and oxygen atoms in total. The molecule has 0 aliphatic carbocycles. The van der Waals surface area contributed by atoms with E-state index in [1.807, 2.05) is 18.7 Å². The van der Waals surface area contributed by atoms with E-state index in [4.69, 9.17) is 0 Å². The summed E-state index contributed by atoms with van der Waals surface area (Å²) >= 11 is 0. The monoisotopic (exact) mass is 264 g/mol. The Balaban J connectivity index is 2.72. The highest BCUT2D eigenvalue weighted by molar-refractivity contribution is 5.91. The molecule has 0 atom stereocenters. The minimum Gasteiger partial charge on any atom is -0.357 e. The van der Waals surface area contributed by atoms with Gasteiger partial charge in [-0.3, -0.25) is 10.1 Å². The van der Waals surface area contributed by atoms with Gasteiger partial charge in [-0.15, -0.1) is 0 Å². The van der Waals surface area contributed by atoms with E-state index in [1.54, 1.807) is 0 Å². The van der Waals surface area contributed by atoms with E-state index in [0.717, 1.165) is 6.07 Å². The van der Waals surface area contributed by atoms with Gasteiger partial charge in [-0.05, 0) is 13.8 Å². The van der Waals surface area contributed by atoms with Crippen molar-refractivity contribution in [3.63, 3.8) is 0 Å². The lowest BCUT2D eigenvalue weighted by atomic mass is 10.2. The molecule has 0 spiro atoms. The van der Waals surface area contributed by atoms with Crippen LogP contribution in [0, 0.1) is 15.9 Å². The fraction of sp³-hybridized carbons (Fsp3) is 0.333. The lowest BCUT2D eigenvalue weighted by Crippen LogP contribution is -2.23. The average molecular weight is 264 g/mol. The molecular formula is C12H13FN4O2. The third kappa shape index (κ3) is 2.31. The van der Waals surface area contributed by atoms with Crippen LogP contribution in [0.25, 0.3) is 10.9 Å². The summed E-state index contributed by atoms with van der Waals surface area (Å²) in [6.07, 6.45) is 1.33. The summed E-state index contributed by atoms with van der Waals surface area (Å²) in [5, 5.41) is 11.3. The van der Waals surface area contributed by atoms with Crippen molar-refractivity contribution >= 4 is 22.4 Å². The number of hydrogen-bond donors (Lipinski definition) is 0. The Morgan fingerprint density at radius 2 is 2.00 bits per heavy atom. The summed E-state index contributed by atoms with van der Waals surface area (Å²) in [7, 11) is 0. The Kier molecular flexibility index (Phi) is 3.55. The van der Waals surface area contributed by atoms with E-state index in [-0.39, 0.29) is 0 Å². The summed E-state index contributed by atoms with van der Waals surface area (Å²) in [5.74, 6) is -0.306. The van der Waals surface area contributed by atoms with Crippen LogP contribution in [0.3, 0.4) is 0 Å². The SMILES string of the molecule is CCN(CC)c1ncnc2cc(F)c([N+](=O)[O-])cc12. The van der Waals surface area contributed by atoms with Crippen LogP contribution in [0.1, 0.15) is 13.8 Å². The number of aromatic nitrogens is 2. The fourth-order valence-electron chi connectivity index (χ4n) is 1.97. The van der Waals surface area contributed by atoms with Crippen LogP contribution in [0.15, 0.2) is 18.5 Å². The van der Waals surface area contributed by atoms with Crippen molar-refractivity contribution in [2.75, 3.05) is 18.0 Å². The molecule has 0 aliphatic rings. The largest absolute Gasteiger partial charge is 0.357 e. The molecule has 1 aromatic carbocycles. The molecule has 1 aromatic heterocycles. The number of rotatable bonds is 4. The van der Waals surface area contributed by atoms with Crippen LogP contribution in [-0.2, 0) is 0 Å². The van der Waals surface area contributed by atoms with Crippen LogP contribution in [-0.4, -0.2) is 28.0 Å². The molecule has 0 saturated carbocycles. The van der Waals surface area contributed by atoms with Crippen molar-refractivity contribution in [3.05, 3.63) is 34.4 Å². The summed E-state index contributed by atoms with van der Waals surface area (Å²) in [4.78, 5) is 20.1. The van der Waals surface area contributed by atoms with Gasteiger partial charge in [0.1, 0.15) is 12.1 Å². The number of nitro benzene ring substituents is 1. The molecular weight excluding hydrogens is 251 g/mol. The highest BCUT2D eigenvalue weighted by Crippen LogP contribution is 2.28. The zero-order chi connectivity index (χ0) is 14.0. The van der Waals surface area contributed by atoms with Crippen LogP contribution >= 0.6 is 0 Å². The summed E-state index contributed by atoms with van der Waals surface area (Å²) < 4.78 is 13.6. The molecule has 7 heteroatoms. The Hall–Kier alpha value is -2.31. The summed E-state index contributed by atoms with van der Waals surface area (Å²) in [6, 6.07) is 2.26. The third-order valence-electron chi connectivity index (χ3n) is 2.94. The van der Waals surface area contributed by atoms with E-state index >= 15 is 0 Å². The number of hydrogen-bond acceptors (Lipinski definition) is 5. The number of anilines is 1. The van der Waals surface area contributed by atoms with E-state index in [2.05, 4.69) is 9.97 Å². The highest BCUT2D eigenvalue weighted by atomic mass is 19.1. The van der Waals surface area contributed by atoms with Crippen LogP contribution < -0.4 is 4.90 Å². The molecule has 2 aromatic rings. The first kappa shape index (κ1) is 13.1. The zero-order valence-electron chi connectivity index (χ0n) is 10.6. The number of fused-ring (bicyclic) bond motifs is 1. The molecule has 1 heterocycles. The van der Waals surface area contributed by atoms with Gasteiger partial charge in [0, 0.05) is 30.6 Å². The van der Waals surface area contributed by atoms with Crippen LogP contribution in [0.2, 0.25) is 0 Å². The van der Waals surface area contributed by atoms with Crippen molar-refractivity contribution in [3.8, 4) is 0 Å². The average Bonchev–Trinajstić information content (AvgIpc) is 2.39. The fourth-order valence-corrected chi connectivity index (χ4v) is 1.97. The molecule has 0 bridgehead atoms. The van der Waals surface area contributed by atoms with Crippen LogP contribution in [0.5, 0.6) is 0 Å². The topological polar surface area (TPSA) is 72.2 Å². The minimum absolute atomic E-state index is 0.361. The van der Waals surface area contributed by atoms with Crippen molar-refractivity contribution in [2.45, 2.75) is 13.8 Å². The summed E-state index contributed by atoms with van der Waals surface area (Å²) in [5.41, 5.74) is -0.198. The second-order valence-corrected chi connectivity index (χ2v) is 3.95.